The van der Waals surface area contributed by atoms with Crippen LogP contribution in [0.5, 0.6) is 0 Å². The molecule has 1 aliphatic rings. The molecule has 1 fully saturated rings. The Hall–Kier alpha value is -2.33. The van der Waals surface area contributed by atoms with Gasteiger partial charge < -0.3 is 25.8 Å². The summed E-state index contributed by atoms with van der Waals surface area (Å²) in [6.07, 6.45) is 0.0496. The van der Waals surface area contributed by atoms with E-state index in [-0.39, 0.29) is 30.8 Å². The minimum atomic E-state index is -0.723. The molecule has 0 spiro atoms. The Balaban J connectivity index is 1.59. The van der Waals surface area contributed by atoms with Gasteiger partial charge in [0.25, 0.3) is 0 Å². The number of benzene rings is 1. The third-order valence-corrected chi connectivity index (χ3v) is 6.96. The van der Waals surface area contributed by atoms with Crippen molar-refractivity contribution < 1.29 is 19.4 Å². The van der Waals surface area contributed by atoms with Gasteiger partial charge in [-0.15, -0.1) is 11.3 Å². The van der Waals surface area contributed by atoms with E-state index >= 15 is 0 Å². The first kappa shape index (κ1) is 24.3. The quantitative estimate of drug-likeness (QED) is 0.524. The first-order valence-corrected chi connectivity index (χ1v) is 11.7. The number of thiazole rings is 1. The van der Waals surface area contributed by atoms with Crippen LogP contribution in [0.4, 0.5) is 0 Å². The molecular formula is C23H32N4O4S. The molecule has 1 aromatic carbocycles. The average Bonchev–Trinajstić information content (AvgIpc) is 3.40. The van der Waals surface area contributed by atoms with Crippen molar-refractivity contribution in [2.45, 2.75) is 51.4 Å². The molecule has 0 radical (unpaired) electrons. The summed E-state index contributed by atoms with van der Waals surface area (Å²) in [5.74, 6) is -0.946. The van der Waals surface area contributed by atoms with Crippen LogP contribution >= 0.6 is 11.3 Å². The molecule has 1 aromatic heterocycles. The second-order valence-corrected chi connectivity index (χ2v) is 9.17. The standard InChI is InChI=1S/C23H32N4O4S/c1-14(19(24)8-9-31-3)23(30)27-12-18(28)10-20(27)22(29)25-11-16-4-6-17(7-5-16)21-15(2)26-13-32-21/h4-7,13-14,18-20,28H,8-12,24H2,1-3H3,(H,25,29)/t14-,18+,19?,20-/m0/s1. The van der Waals surface area contributed by atoms with Gasteiger partial charge in [-0.3, -0.25) is 9.59 Å². The fourth-order valence-corrected chi connectivity index (χ4v) is 4.73. The molecule has 0 bridgehead atoms. The highest BCUT2D eigenvalue weighted by Crippen LogP contribution is 2.27. The molecule has 4 atom stereocenters. The molecule has 32 heavy (non-hydrogen) atoms. The van der Waals surface area contributed by atoms with Crippen molar-refractivity contribution in [3.8, 4) is 10.4 Å². The number of aryl methyl sites for hydroxylation is 1. The van der Waals surface area contributed by atoms with Gasteiger partial charge in [-0.2, -0.15) is 0 Å². The summed E-state index contributed by atoms with van der Waals surface area (Å²) in [5.41, 5.74) is 11.0. The van der Waals surface area contributed by atoms with Gasteiger partial charge in [0.05, 0.1) is 28.1 Å². The van der Waals surface area contributed by atoms with Gasteiger partial charge in [0.15, 0.2) is 0 Å². The first-order valence-electron chi connectivity index (χ1n) is 10.8. The van der Waals surface area contributed by atoms with Gasteiger partial charge in [0.1, 0.15) is 6.04 Å². The van der Waals surface area contributed by atoms with Gasteiger partial charge in [-0.25, -0.2) is 4.98 Å². The topological polar surface area (TPSA) is 118 Å². The van der Waals surface area contributed by atoms with Crippen LogP contribution in [0.3, 0.4) is 0 Å². The lowest BCUT2D eigenvalue weighted by Crippen LogP contribution is -2.50. The first-order chi connectivity index (χ1) is 15.3. The van der Waals surface area contributed by atoms with Crippen LogP contribution in [0.1, 0.15) is 31.0 Å². The third-order valence-electron chi connectivity index (χ3n) is 5.98. The summed E-state index contributed by atoms with van der Waals surface area (Å²) in [6, 6.07) is 6.90. The number of aromatic nitrogens is 1. The minimum Gasteiger partial charge on any atom is -0.391 e. The predicted molar refractivity (Wildman–Crippen MR) is 124 cm³/mol. The van der Waals surface area contributed by atoms with Crippen LogP contribution in [-0.2, 0) is 20.9 Å². The molecule has 0 saturated carbocycles. The fraction of sp³-hybridized carbons (Fsp3) is 0.522. The molecule has 1 saturated heterocycles. The maximum absolute atomic E-state index is 13.0. The lowest BCUT2D eigenvalue weighted by molar-refractivity contribution is -0.142. The lowest BCUT2D eigenvalue weighted by atomic mass is 9.98. The molecule has 2 heterocycles. The highest BCUT2D eigenvalue weighted by molar-refractivity contribution is 7.13. The Kier molecular flexibility index (Phi) is 8.36. The number of carbonyl (C=O) groups is 2. The van der Waals surface area contributed by atoms with Crippen molar-refractivity contribution in [3.63, 3.8) is 0 Å². The summed E-state index contributed by atoms with van der Waals surface area (Å²) < 4.78 is 5.04. The number of nitrogens with two attached hydrogens (primary N) is 1. The van der Waals surface area contributed by atoms with E-state index < -0.39 is 18.1 Å². The molecule has 2 aromatic rings. The second kappa shape index (κ2) is 11.0. The van der Waals surface area contributed by atoms with Crippen molar-refractivity contribution in [1.82, 2.24) is 15.2 Å². The summed E-state index contributed by atoms with van der Waals surface area (Å²) in [5, 5.41) is 13.0. The van der Waals surface area contributed by atoms with Crippen molar-refractivity contribution in [2.24, 2.45) is 11.7 Å². The van der Waals surface area contributed by atoms with Crippen molar-refractivity contribution >= 4 is 23.2 Å². The Morgan fingerprint density at radius 3 is 2.72 bits per heavy atom. The van der Waals surface area contributed by atoms with Crippen LogP contribution in [0.15, 0.2) is 29.8 Å². The van der Waals surface area contributed by atoms with E-state index in [1.54, 1.807) is 25.4 Å². The number of carbonyl (C=O) groups excluding carboxylic acids is 2. The van der Waals surface area contributed by atoms with E-state index in [0.29, 0.717) is 19.6 Å². The maximum Gasteiger partial charge on any atom is 0.243 e. The number of β-amino-alcohol motifs (C(OH)–C–C–N with tert-alkyl or cyclic N) is 1. The SMILES string of the molecule is COCCC(N)[C@H](C)C(=O)N1C[C@H](O)C[C@H]1C(=O)NCc1ccc(-c2scnc2C)cc1. The van der Waals surface area contributed by atoms with Crippen molar-refractivity contribution in [1.29, 1.82) is 0 Å². The average molecular weight is 461 g/mol. The number of aliphatic hydroxyl groups is 1. The monoisotopic (exact) mass is 460 g/mol. The largest absolute Gasteiger partial charge is 0.391 e. The number of hydrogen-bond acceptors (Lipinski definition) is 7. The van der Waals surface area contributed by atoms with E-state index in [2.05, 4.69) is 10.3 Å². The second-order valence-electron chi connectivity index (χ2n) is 8.31. The molecule has 4 N–H and O–H groups in total. The number of amides is 2. The van der Waals surface area contributed by atoms with Crippen molar-refractivity contribution in [3.05, 3.63) is 41.0 Å². The van der Waals surface area contributed by atoms with Crippen LogP contribution in [-0.4, -0.2) is 65.3 Å². The van der Waals surface area contributed by atoms with Gasteiger partial charge in [0.2, 0.25) is 11.8 Å². The van der Waals surface area contributed by atoms with E-state index in [4.69, 9.17) is 10.5 Å². The van der Waals surface area contributed by atoms with E-state index in [0.717, 1.165) is 21.7 Å². The molecular weight excluding hydrogens is 428 g/mol. The number of methoxy groups -OCH3 is 1. The van der Waals surface area contributed by atoms with Gasteiger partial charge in [-0.05, 0) is 24.5 Å². The number of hydrogen-bond donors (Lipinski definition) is 3. The molecule has 1 aliphatic heterocycles. The number of aliphatic hydroxyl groups excluding tert-OH is 1. The van der Waals surface area contributed by atoms with Crippen LogP contribution < -0.4 is 11.1 Å². The number of nitrogens with one attached hydrogen (secondary N) is 1. The zero-order valence-electron chi connectivity index (χ0n) is 18.8. The van der Waals surface area contributed by atoms with Crippen molar-refractivity contribution in [2.75, 3.05) is 20.3 Å². The Labute approximate surface area is 192 Å². The summed E-state index contributed by atoms with van der Waals surface area (Å²) in [6.45, 7) is 4.69. The number of likely N-dealkylation sites (tertiary alicyclic amines) is 1. The predicted octanol–water partition coefficient (Wildman–Crippen LogP) is 1.70. The summed E-state index contributed by atoms with van der Waals surface area (Å²) in [7, 11) is 1.59. The van der Waals surface area contributed by atoms with E-state index in [9.17, 15) is 14.7 Å². The minimum absolute atomic E-state index is 0.140. The third kappa shape index (κ3) is 5.72. The number of nitrogens with zero attached hydrogens (tertiary/aromatic N) is 2. The lowest BCUT2D eigenvalue weighted by Gasteiger charge is -2.29. The highest BCUT2D eigenvalue weighted by atomic mass is 32.1. The maximum atomic E-state index is 13.0. The van der Waals surface area contributed by atoms with E-state index in [1.165, 1.54) is 4.90 Å². The fourth-order valence-electron chi connectivity index (χ4n) is 3.91. The van der Waals surface area contributed by atoms with Crippen LogP contribution in [0.2, 0.25) is 0 Å². The van der Waals surface area contributed by atoms with E-state index in [1.807, 2.05) is 36.7 Å². The number of rotatable bonds is 9. The molecule has 2 amide bonds. The van der Waals surface area contributed by atoms with Gasteiger partial charge in [-0.1, -0.05) is 31.2 Å². The molecule has 3 rings (SSSR count). The molecule has 0 aliphatic carbocycles. The molecule has 9 heteroatoms. The van der Waals surface area contributed by atoms with Crippen LogP contribution in [0.25, 0.3) is 10.4 Å². The smallest absolute Gasteiger partial charge is 0.243 e. The zero-order chi connectivity index (χ0) is 23.3. The number of ether oxygens (including phenoxy) is 1. The highest BCUT2D eigenvalue weighted by Gasteiger charge is 2.41. The Morgan fingerprint density at radius 2 is 2.09 bits per heavy atom. The Morgan fingerprint density at radius 1 is 1.38 bits per heavy atom. The zero-order valence-corrected chi connectivity index (χ0v) is 19.6. The molecule has 1 unspecified atom stereocenters. The molecule has 8 nitrogen and oxygen atoms in total. The Bertz CT molecular complexity index is 917. The van der Waals surface area contributed by atoms with Gasteiger partial charge >= 0.3 is 0 Å². The molecule has 174 valence electrons. The summed E-state index contributed by atoms with van der Waals surface area (Å²) >= 11 is 1.60. The summed E-state index contributed by atoms with van der Waals surface area (Å²) in [4.78, 5) is 32.7. The van der Waals surface area contributed by atoms with Gasteiger partial charge in [0, 0.05) is 39.3 Å². The normalized spacial score (nSPS) is 20.2. The van der Waals surface area contributed by atoms with Crippen LogP contribution in [0, 0.1) is 12.8 Å².